The normalized spacial score (nSPS) is 17.3. The van der Waals surface area contributed by atoms with E-state index in [2.05, 4.69) is 10.2 Å². The highest BCUT2D eigenvalue weighted by Gasteiger charge is 2.28. The van der Waals surface area contributed by atoms with E-state index >= 15 is 0 Å². The molecule has 0 bridgehead atoms. The minimum absolute atomic E-state index is 0.0894. The molecule has 1 aromatic rings. The third kappa shape index (κ3) is 3.20. The Morgan fingerprint density at radius 1 is 1.33 bits per heavy atom. The van der Waals surface area contributed by atoms with Crippen LogP contribution in [-0.2, 0) is 11.3 Å². The molecule has 94 valence electrons. The number of rotatable bonds is 3. The van der Waals surface area contributed by atoms with Crippen molar-refractivity contribution < 1.29 is 4.79 Å². The highest BCUT2D eigenvalue weighted by molar-refractivity contribution is 8.15. The first-order chi connectivity index (χ1) is 8.66. The number of carbonyl (C=O) groups is 1. The fourth-order valence-corrected chi connectivity index (χ4v) is 2.37. The van der Waals surface area contributed by atoms with Crippen molar-refractivity contribution in [2.75, 3.05) is 5.75 Å². The molecule has 0 atom stereocenters. The van der Waals surface area contributed by atoms with E-state index in [-0.39, 0.29) is 5.91 Å². The molecule has 4 nitrogen and oxygen atoms in total. The number of amidine groups is 1. The number of benzene rings is 1. The first kappa shape index (κ1) is 12.8. The third-order valence-corrected chi connectivity index (χ3v) is 3.33. The summed E-state index contributed by atoms with van der Waals surface area (Å²) in [5, 5.41) is 8.83. The van der Waals surface area contributed by atoms with Crippen LogP contribution in [0, 0.1) is 0 Å². The highest BCUT2D eigenvalue weighted by atomic mass is 32.2. The van der Waals surface area contributed by atoms with Gasteiger partial charge in [0.25, 0.3) is 0 Å². The maximum atomic E-state index is 11.8. The SMILES string of the molecule is CC(C)=N/N=C1/SCC(=O)N1Cc1ccccc1. The van der Waals surface area contributed by atoms with Crippen LogP contribution in [0.5, 0.6) is 0 Å². The fraction of sp³-hybridized carbons (Fsp3) is 0.308. The Balaban J connectivity index is 2.16. The minimum Gasteiger partial charge on any atom is -0.285 e. The summed E-state index contributed by atoms with van der Waals surface area (Å²) in [5.74, 6) is 0.538. The second kappa shape index (κ2) is 5.82. The topological polar surface area (TPSA) is 45.0 Å². The zero-order valence-corrected chi connectivity index (χ0v) is 11.3. The van der Waals surface area contributed by atoms with Crippen LogP contribution in [0.4, 0.5) is 0 Å². The Labute approximate surface area is 111 Å². The van der Waals surface area contributed by atoms with E-state index in [0.29, 0.717) is 17.5 Å². The van der Waals surface area contributed by atoms with Crippen molar-refractivity contribution in [2.24, 2.45) is 10.2 Å². The van der Waals surface area contributed by atoms with E-state index < -0.39 is 0 Å². The maximum Gasteiger partial charge on any atom is 0.239 e. The molecule has 0 aliphatic carbocycles. The second-order valence-electron chi connectivity index (χ2n) is 4.18. The lowest BCUT2D eigenvalue weighted by Gasteiger charge is -2.14. The third-order valence-electron chi connectivity index (χ3n) is 2.38. The molecular weight excluding hydrogens is 246 g/mol. The summed E-state index contributed by atoms with van der Waals surface area (Å²) in [7, 11) is 0. The van der Waals surface area contributed by atoms with Crippen LogP contribution in [-0.4, -0.2) is 27.4 Å². The molecule has 1 aliphatic heterocycles. The van der Waals surface area contributed by atoms with Gasteiger partial charge in [0.2, 0.25) is 5.91 Å². The molecule has 1 aliphatic rings. The van der Waals surface area contributed by atoms with Gasteiger partial charge in [0.1, 0.15) is 0 Å². The van der Waals surface area contributed by atoms with Crippen LogP contribution in [0.25, 0.3) is 0 Å². The molecule has 0 unspecified atom stereocenters. The fourth-order valence-electron chi connectivity index (χ4n) is 1.54. The minimum atomic E-state index is 0.0894. The van der Waals surface area contributed by atoms with Crippen molar-refractivity contribution >= 4 is 28.5 Å². The maximum absolute atomic E-state index is 11.8. The van der Waals surface area contributed by atoms with E-state index in [1.165, 1.54) is 11.8 Å². The molecule has 5 heteroatoms. The van der Waals surface area contributed by atoms with Gasteiger partial charge in [0.15, 0.2) is 5.17 Å². The molecule has 0 radical (unpaired) electrons. The summed E-state index contributed by atoms with van der Waals surface area (Å²) >= 11 is 1.44. The number of carbonyl (C=O) groups excluding carboxylic acids is 1. The van der Waals surface area contributed by atoms with Crippen molar-refractivity contribution in [1.82, 2.24) is 4.90 Å². The summed E-state index contributed by atoms with van der Waals surface area (Å²) in [5.41, 5.74) is 1.97. The summed E-state index contributed by atoms with van der Waals surface area (Å²) in [6.45, 7) is 4.32. The Bertz CT molecular complexity index is 492. The number of thioether (sulfide) groups is 1. The van der Waals surface area contributed by atoms with Crippen molar-refractivity contribution in [2.45, 2.75) is 20.4 Å². The van der Waals surface area contributed by atoms with Gasteiger partial charge in [-0.2, -0.15) is 5.10 Å². The Morgan fingerprint density at radius 3 is 2.72 bits per heavy atom. The van der Waals surface area contributed by atoms with Gasteiger partial charge in [0.05, 0.1) is 12.3 Å². The van der Waals surface area contributed by atoms with Crippen molar-refractivity contribution in [3.05, 3.63) is 35.9 Å². The van der Waals surface area contributed by atoms with Gasteiger partial charge in [-0.1, -0.05) is 42.1 Å². The molecule has 1 saturated heterocycles. The Morgan fingerprint density at radius 2 is 2.06 bits per heavy atom. The van der Waals surface area contributed by atoms with Crippen LogP contribution in [0.15, 0.2) is 40.5 Å². The number of nitrogens with zero attached hydrogens (tertiary/aromatic N) is 3. The van der Waals surface area contributed by atoms with E-state index in [1.807, 2.05) is 44.2 Å². The lowest BCUT2D eigenvalue weighted by molar-refractivity contribution is -0.124. The van der Waals surface area contributed by atoms with Crippen LogP contribution >= 0.6 is 11.8 Å². The predicted octanol–water partition coefficient (Wildman–Crippen LogP) is 2.51. The van der Waals surface area contributed by atoms with E-state index in [9.17, 15) is 4.79 Å². The number of hydrogen-bond donors (Lipinski definition) is 0. The Hall–Kier alpha value is -1.62. The molecule has 0 saturated carbocycles. The molecule has 0 N–H and O–H groups in total. The highest BCUT2D eigenvalue weighted by Crippen LogP contribution is 2.21. The molecule has 1 fully saturated rings. The monoisotopic (exact) mass is 261 g/mol. The molecule has 1 amide bonds. The van der Waals surface area contributed by atoms with Crippen LogP contribution in [0.3, 0.4) is 0 Å². The quantitative estimate of drug-likeness (QED) is 0.620. The standard InChI is InChI=1S/C13H15N3OS/c1-10(2)14-15-13-16(12(17)9-18-13)8-11-6-4-3-5-7-11/h3-7H,8-9H2,1-2H3/b15-13+. The molecule has 1 heterocycles. The van der Waals surface area contributed by atoms with Crippen LogP contribution < -0.4 is 0 Å². The lowest BCUT2D eigenvalue weighted by Crippen LogP contribution is -2.28. The first-order valence-corrected chi connectivity index (χ1v) is 6.71. The van der Waals surface area contributed by atoms with Gasteiger partial charge >= 0.3 is 0 Å². The Kier molecular flexibility index (Phi) is 4.15. The van der Waals surface area contributed by atoms with Crippen LogP contribution in [0.2, 0.25) is 0 Å². The van der Waals surface area contributed by atoms with E-state index in [0.717, 1.165) is 11.3 Å². The number of hydrogen-bond acceptors (Lipinski definition) is 4. The van der Waals surface area contributed by atoms with Crippen molar-refractivity contribution in [1.29, 1.82) is 0 Å². The first-order valence-electron chi connectivity index (χ1n) is 5.73. The molecule has 0 aromatic heterocycles. The summed E-state index contributed by atoms with van der Waals surface area (Å²) < 4.78 is 0. The molecule has 2 rings (SSSR count). The average molecular weight is 261 g/mol. The van der Waals surface area contributed by atoms with Crippen molar-refractivity contribution in [3.63, 3.8) is 0 Å². The van der Waals surface area contributed by atoms with Gasteiger partial charge in [-0.05, 0) is 19.4 Å². The summed E-state index contributed by atoms with van der Waals surface area (Å²) in [4.78, 5) is 13.5. The van der Waals surface area contributed by atoms with Crippen molar-refractivity contribution in [3.8, 4) is 0 Å². The molecule has 0 spiro atoms. The van der Waals surface area contributed by atoms with Crippen LogP contribution in [0.1, 0.15) is 19.4 Å². The lowest BCUT2D eigenvalue weighted by atomic mass is 10.2. The van der Waals surface area contributed by atoms with Gasteiger partial charge in [0, 0.05) is 5.71 Å². The molecular formula is C13H15N3OS. The zero-order valence-electron chi connectivity index (χ0n) is 10.5. The summed E-state index contributed by atoms with van der Waals surface area (Å²) in [6.07, 6.45) is 0. The second-order valence-corrected chi connectivity index (χ2v) is 5.13. The summed E-state index contributed by atoms with van der Waals surface area (Å²) in [6, 6.07) is 9.90. The zero-order chi connectivity index (χ0) is 13.0. The van der Waals surface area contributed by atoms with Gasteiger partial charge in [-0.15, -0.1) is 5.10 Å². The van der Waals surface area contributed by atoms with Gasteiger partial charge in [-0.3, -0.25) is 9.69 Å². The largest absolute Gasteiger partial charge is 0.285 e. The average Bonchev–Trinajstić information content (AvgIpc) is 2.70. The predicted molar refractivity (Wildman–Crippen MR) is 75.7 cm³/mol. The van der Waals surface area contributed by atoms with Gasteiger partial charge < -0.3 is 0 Å². The smallest absolute Gasteiger partial charge is 0.239 e. The molecule has 1 aromatic carbocycles. The van der Waals surface area contributed by atoms with Gasteiger partial charge in [-0.25, -0.2) is 0 Å². The van der Waals surface area contributed by atoms with E-state index in [1.54, 1.807) is 4.90 Å². The molecule has 18 heavy (non-hydrogen) atoms. The van der Waals surface area contributed by atoms with E-state index in [4.69, 9.17) is 0 Å². The number of amides is 1.